The van der Waals surface area contributed by atoms with Crippen molar-refractivity contribution in [1.82, 2.24) is 4.98 Å². The third-order valence-electron chi connectivity index (χ3n) is 1.22. The Kier molecular flexibility index (Phi) is 2.47. The van der Waals surface area contributed by atoms with Gasteiger partial charge in [0.15, 0.2) is 0 Å². The molecule has 0 saturated heterocycles. The molecule has 1 N–H and O–H groups in total. The fourth-order valence-electron chi connectivity index (χ4n) is 0.862. The van der Waals surface area contributed by atoms with Gasteiger partial charge >= 0.3 is 0 Å². The van der Waals surface area contributed by atoms with E-state index in [1.54, 1.807) is 12.1 Å². The lowest BCUT2D eigenvalue weighted by atomic mass is 10.5. The second-order valence-electron chi connectivity index (χ2n) is 3.72. The molecule has 0 spiro atoms. The number of hydrogen-bond donors (Lipinski definition) is 1. The minimum Gasteiger partial charge on any atom is -0.396 e. The minimum absolute atomic E-state index is 0.432. The molecule has 2 nitrogen and oxygen atoms in total. The largest absolute Gasteiger partial charge is 0.396 e. The first-order valence-corrected chi connectivity index (χ1v) is 7.38. The van der Waals surface area contributed by atoms with Gasteiger partial charge in [-0.2, -0.15) is 4.39 Å². The van der Waals surface area contributed by atoms with Crippen LogP contribution in [0.5, 0.6) is 0 Å². The number of rotatable bonds is 2. The normalized spacial score (nSPS) is 11.3. The highest BCUT2D eigenvalue weighted by Gasteiger charge is 2.13. The summed E-state index contributed by atoms with van der Waals surface area (Å²) >= 11 is 0. The third-order valence-corrected chi connectivity index (χ3v) is 2.22. The Bertz CT molecular complexity index is 270. The summed E-state index contributed by atoms with van der Waals surface area (Å²) in [5.74, 6) is 0.201. The lowest BCUT2D eigenvalue weighted by molar-refractivity contribution is 0.586. The van der Waals surface area contributed by atoms with E-state index in [9.17, 15) is 4.39 Å². The number of hydrogen-bond acceptors (Lipinski definition) is 2. The standard InChI is InChI=1S/C8H13FN2Si/c1-12(2,3)11-8-6-4-5-7(9)10-8/h4-6H,1-3H3,(H,10,11). The summed E-state index contributed by atoms with van der Waals surface area (Å²) in [6, 6.07) is 4.78. The number of anilines is 1. The van der Waals surface area contributed by atoms with Crippen molar-refractivity contribution in [3.05, 3.63) is 24.1 Å². The molecule has 1 heterocycles. The highest BCUT2D eigenvalue weighted by Crippen LogP contribution is 2.09. The highest BCUT2D eigenvalue weighted by molar-refractivity contribution is 6.79. The third kappa shape index (κ3) is 3.00. The van der Waals surface area contributed by atoms with Gasteiger partial charge in [-0.15, -0.1) is 0 Å². The molecule has 1 aromatic rings. The maximum Gasteiger partial charge on any atom is 0.214 e. The number of halogens is 1. The van der Waals surface area contributed by atoms with Crippen LogP contribution in [0.25, 0.3) is 0 Å². The zero-order valence-corrected chi connectivity index (χ0v) is 8.56. The summed E-state index contributed by atoms with van der Waals surface area (Å²) in [4.78, 5) is 6.93. The Morgan fingerprint density at radius 3 is 2.50 bits per heavy atom. The van der Waals surface area contributed by atoms with Crippen LogP contribution in [-0.4, -0.2) is 13.2 Å². The van der Waals surface area contributed by atoms with Gasteiger partial charge in [0.05, 0.1) is 0 Å². The molecule has 66 valence electrons. The molecular weight excluding hydrogens is 171 g/mol. The summed E-state index contributed by atoms with van der Waals surface area (Å²) in [7, 11) is -1.40. The molecule has 0 aliphatic rings. The predicted octanol–water partition coefficient (Wildman–Crippen LogP) is 2.47. The molecule has 0 radical (unpaired) electrons. The molecule has 0 amide bonds. The molecule has 4 heteroatoms. The Labute approximate surface area is 72.9 Å². The van der Waals surface area contributed by atoms with E-state index in [-0.39, 0.29) is 0 Å². The van der Waals surface area contributed by atoms with Crippen LogP contribution < -0.4 is 4.98 Å². The summed E-state index contributed by atoms with van der Waals surface area (Å²) in [6.07, 6.45) is 0. The molecule has 1 rings (SSSR count). The van der Waals surface area contributed by atoms with Gasteiger partial charge in [-0.1, -0.05) is 25.7 Å². The van der Waals surface area contributed by atoms with Crippen LogP contribution in [0.1, 0.15) is 0 Å². The van der Waals surface area contributed by atoms with Gasteiger partial charge in [-0.3, -0.25) is 0 Å². The van der Waals surface area contributed by atoms with Crippen molar-refractivity contribution in [3.8, 4) is 0 Å². The average molecular weight is 184 g/mol. The molecule has 0 saturated carbocycles. The molecule has 0 fully saturated rings. The summed E-state index contributed by atoms with van der Waals surface area (Å²) in [6.45, 7) is 6.42. The van der Waals surface area contributed by atoms with Crippen molar-refractivity contribution in [2.75, 3.05) is 4.98 Å². The molecule has 12 heavy (non-hydrogen) atoms. The zero-order valence-electron chi connectivity index (χ0n) is 7.56. The van der Waals surface area contributed by atoms with Crippen LogP contribution >= 0.6 is 0 Å². The second-order valence-corrected chi connectivity index (χ2v) is 8.47. The van der Waals surface area contributed by atoms with Gasteiger partial charge in [-0.05, 0) is 12.1 Å². The molecule has 0 aliphatic heterocycles. The van der Waals surface area contributed by atoms with Crippen molar-refractivity contribution in [2.24, 2.45) is 0 Å². The van der Waals surface area contributed by atoms with E-state index in [2.05, 4.69) is 29.6 Å². The van der Waals surface area contributed by atoms with E-state index in [0.29, 0.717) is 5.82 Å². The van der Waals surface area contributed by atoms with Gasteiger partial charge in [0.1, 0.15) is 14.1 Å². The van der Waals surface area contributed by atoms with Gasteiger partial charge in [0.25, 0.3) is 0 Å². The Balaban J connectivity index is 2.77. The van der Waals surface area contributed by atoms with Gasteiger partial charge in [0, 0.05) is 0 Å². The van der Waals surface area contributed by atoms with Crippen LogP contribution in [0, 0.1) is 5.95 Å². The highest BCUT2D eigenvalue weighted by atomic mass is 28.3. The predicted molar refractivity (Wildman–Crippen MR) is 51.2 cm³/mol. The van der Waals surface area contributed by atoms with Gasteiger partial charge in [-0.25, -0.2) is 4.98 Å². The Morgan fingerprint density at radius 1 is 1.33 bits per heavy atom. The first kappa shape index (κ1) is 9.19. The Morgan fingerprint density at radius 2 is 2.00 bits per heavy atom. The monoisotopic (exact) mass is 184 g/mol. The van der Waals surface area contributed by atoms with Crippen molar-refractivity contribution in [3.63, 3.8) is 0 Å². The summed E-state index contributed by atoms with van der Waals surface area (Å²) in [5.41, 5.74) is 0. The van der Waals surface area contributed by atoms with Crippen LogP contribution in [0.15, 0.2) is 18.2 Å². The van der Waals surface area contributed by atoms with E-state index in [1.807, 2.05) is 0 Å². The van der Waals surface area contributed by atoms with E-state index >= 15 is 0 Å². The second kappa shape index (κ2) is 3.22. The molecule has 0 bridgehead atoms. The fraction of sp³-hybridized carbons (Fsp3) is 0.375. The topological polar surface area (TPSA) is 24.9 Å². The van der Waals surface area contributed by atoms with Gasteiger partial charge < -0.3 is 4.98 Å². The van der Waals surface area contributed by atoms with Crippen LogP contribution in [0.2, 0.25) is 19.6 Å². The zero-order chi connectivity index (χ0) is 9.19. The maximum absolute atomic E-state index is 12.6. The van der Waals surface area contributed by atoms with Crippen LogP contribution in [-0.2, 0) is 0 Å². The van der Waals surface area contributed by atoms with Gasteiger partial charge in [0.2, 0.25) is 5.95 Å². The summed E-state index contributed by atoms with van der Waals surface area (Å²) < 4.78 is 12.6. The van der Waals surface area contributed by atoms with E-state index in [4.69, 9.17) is 0 Å². The van der Waals surface area contributed by atoms with Crippen molar-refractivity contribution < 1.29 is 4.39 Å². The number of nitrogens with zero attached hydrogens (tertiary/aromatic N) is 1. The van der Waals surface area contributed by atoms with Crippen molar-refractivity contribution >= 4 is 14.1 Å². The molecular formula is C8H13FN2Si. The van der Waals surface area contributed by atoms with E-state index < -0.39 is 14.2 Å². The Hall–Kier alpha value is -0.903. The number of aromatic nitrogens is 1. The maximum atomic E-state index is 12.6. The van der Waals surface area contributed by atoms with Crippen LogP contribution in [0.3, 0.4) is 0 Å². The first-order chi connectivity index (χ1) is 5.47. The number of nitrogens with one attached hydrogen (secondary N) is 1. The lowest BCUT2D eigenvalue weighted by Crippen LogP contribution is -2.32. The van der Waals surface area contributed by atoms with E-state index in [0.717, 1.165) is 0 Å². The first-order valence-electron chi connectivity index (χ1n) is 3.88. The van der Waals surface area contributed by atoms with E-state index in [1.165, 1.54) is 6.07 Å². The minimum atomic E-state index is -1.40. The number of pyridine rings is 1. The fourth-order valence-corrected chi connectivity index (χ4v) is 1.77. The van der Waals surface area contributed by atoms with Crippen LogP contribution in [0.4, 0.5) is 10.2 Å². The molecule has 0 aromatic carbocycles. The molecule has 0 unspecified atom stereocenters. The lowest BCUT2D eigenvalue weighted by Gasteiger charge is -2.18. The van der Waals surface area contributed by atoms with Crippen molar-refractivity contribution in [1.29, 1.82) is 0 Å². The van der Waals surface area contributed by atoms with Crippen molar-refractivity contribution in [2.45, 2.75) is 19.6 Å². The molecule has 1 aromatic heterocycles. The quantitative estimate of drug-likeness (QED) is 0.564. The molecule has 0 aliphatic carbocycles. The summed E-state index contributed by atoms with van der Waals surface area (Å²) in [5, 5.41) is 0. The SMILES string of the molecule is C[Si](C)(C)Nc1cccc(F)n1. The molecule has 0 atom stereocenters. The smallest absolute Gasteiger partial charge is 0.214 e. The average Bonchev–Trinajstić information content (AvgIpc) is 1.82.